The van der Waals surface area contributed by atoms with E-state index in [1.807, 2.05) is 0 Å². The Hall–Kier alpha value is -0.820. The Kier molecular flexibility index (Phi) is 6.06. The lowest BCUT2D eigenvalue weighted by atomic mass is 10.1. The minimum atomic E-state index is -3.14. The van der Waals surface area contributed by atoms with Crippen LogP contribution in [0.1, 0.15) is 33.1 Å². The largest absolute Gasteiger partial charge is 0.370 e. The van der Waals surface area contributed by atoms with Crippen LogP contribution in [-0.4, -0.2) is 39.8 Å². The summed E-state index contributed by atoms with van der Waals surface area (Å²) in [6.07, 6.45) is 4.15. The van der Waals surface area contributed by atoms with Crippen molar-refractivity contribution >= 4 is 16.0 Å². The molecule has 1 aliphatic carbocycles. The van der Waals surface area contributed by atoms with Crippen LogP contribution in [0.4, 0.5) is 0 Å². The molecule has 0 aliphatic heterocycles. The standard InChI is InChI=1S/C12H26N4O2S/c1-9(2)7-14-12(13)15-8-10-5-4-6-11(10)16-19(3,17)18/h9-11,16H,4-8H2,1-3H3,(H3,13,14,15). The summed E-state index contributed by atoms with van der Waals surface area (Å²) in [5.41, 5.74) is 5.77. The third-order valence-electron chi connectivity index (χ3n) is 3.20. The number of nitrogens with zero attached hydrogens (tertiary/aromatic N) is 1. The van der Waals surface area contributed by atoms with Gasteiger partial charge in [-0.2, -0.15) is 0 Å². The van der Waals surface area contributed by atoms with Crippen molar-refractivity contribution in [2.24, 2.45) is 22.6 Å². The van der Waals surface area contributed by atoms with Crippen molar-refractivity contribution in [3.63, 3.8) is 0 Å². The highest BCUT2D eigenvalue weighted by atomic mass is 32.2. The molecule has 1 saturated carbocycles. The highest BCUT2D eigenvalue weighted by Gasteiger charge is 2.29. The molecule has 0 radical (unpaired) electrons. The van der Waals surface area contributed by atoms with Crippen LogP contribution in [0, 0.1) is 11.8 Å². The van der Waals surface area contributed by atoms with Gasteiger partial charge in [0.25, 0.3) is 0 Å². The minimum absolute atomic E-state index is 0.0143. The third kappa shape index (κ3) is 6.77. The first-order valence-corrected chi connectivity index (χ1v) is 8.68. The summed E-state index contributed by atoms with van der Waals surface area (Å²) in [7, 11) is -3.14. The van der Waals surface area contributed by atoms with Gasteiger partial charge >= 0.3 is 0 Å². The number of nitrogens with two attached hydrogens (primary N) is 1. The van der Waals surface area contributed by atoms with Crippen molar-refractivity contribution in [3.8, 4) is 0 Å². The van der Waals surface area contributed by atoms with Crippen LogP contribution in [0.15, 0.2) is 4.99 Å². The molecule has 0 spiro atoms. The highest BCUT2D eigenvalue weighted by molar-refractivity contribution is 7.88. The lowest BCUT2D eigenvalue weighted by molar-refractivity contribution is 0.440. The van der Waals surface area contributed by atoms with Crippen LogP contribution in [0.25, 0.3) is 0 Å². The summed E-state index contributed by atoms with van der Waals surface area (Å²) in [4.78, 5) is 4.23. The van der Waals surface area contributed by atoms with Crippen LogP contribution >= 0.6 is 0 Å². The van der Waals surface area contributed by atoms with Crippen LogP contribution in [0.2, 0.25) is 0 Å². The summed E-state index contributed by atoms with van der Waals surface area (Å²) in [6.45, 7) is 5.54. The molecule has 1 aliphatic rings. The molecular formula is C12H26N4O2S. The second-order valence-electron chi connectivity index (χ2n) is 5.69. The van der Waals surface area contributed by atoms with Gasteiger partial charge in [0.2, 0.25) is 10.0 Å². The highest BCUT2D eigenvalue weighted by Crippen LogP contribution is 2.25. The normalized spacial score (nSPS) is 24.9. The van der Waals surface area contributed by atoms with Gasteiger partial charge in [-0.1, -0.05) is 20.3 Å². The van der Waals surface area contributed by atoms with E-state index in [9.17, 15) is 8.42 Å². The average Bonchev–Trinajstić information content (AvgIpc) is 2.68. The summed E-state index contributed by atoms with van der Waals surface area (Å²) in [5, 5.41) is 3.09. The monoisotopic (exact) mass is 290 g/mol. The molecule has 0 aromatic heterocycles. The number of aliphatic imine (C=N–C) groups is 1. The molecule has 7 heteroatoms. The van der Waals surface area contributed by atoms with Crippen LogP contribution in [0.3, 0.4) is 0 Å². The number of hydrogen-bond donors (Lipinski definition) is 3. The second-order valence-corrected chi connectivity index (χ2v) is 7.47. The van der Waals surface area contributed by atoms with Gasteiger partial charge in [-0.15, -0.1) is 0 Å². The smallest absolute Gasteiger partial charge is 0.208 e. The van der Waals surface area contributed by atoms with Gasteiger partial charge in [0.15, 0.2) is 5.96 Å². The van der Waals surface area contributed by atoms with E-state index in [2.05, 4.69) is 28.9 Å². The molecule has 0 saturated heterocycles. The fourth-order valence-electron chi connectivity index (χ4n) is 2.28. The summed E-state index contributed by atoms with van der Waals surface area (Å²) < 4.78 is 25.2. The molecular weight excluding hydrogens is 264 g/mol. The van der Waals surface area contributed by atoms with Gasteiger partial charge < -0.3 is 11.1 Å². The molecule has 112 valence electrons. The number of rotatable bonds is 6. The van der Waals surface area contributed by atoms with Crippen LogP contribution in [-0.2, 0) is 10.0 Å². The first-order valence-electron chi connectivity index (χ1n) is 6.79. The van der Waals surface area contributed by atoms with Gasteiger partial charge in [-0.3, -0.25) is 4.99 Å². The van der Waals surface area contributed by atoms with E-state index in [1.54, 1.807) is 0 Å². The molecule has 0 aromatic rings. The SMILES string of the molecule is CC(C)CN=C(N)NCC1CCCC1NS(C)(=O)=O. The van der Waals surface area contributed by atoms with Gasteiger partial charge in [0.1, 0.15) is 0 Å². The Labute approximate surface area is 116 Å². The molecule has 4 N–H and O–H groups in total. The number of nitrogens with one attached hydrogen (secondary N) is 2. The molecule has 1 fully saturated rings. The molecule has 2 atom stereocenters. The average molecular weight is 290 g/mol. The van der Waals surface area contributed by atoms with Gasteiger partial charge in [-0.05, 0) is 24.7 Å². The van der Waals surface area contributed by atoms with E-state index >= 15 is 0 Å². The fourth-order valence-corrected chi connectivity index (χ4v) is 3.14. The number of guanidine groups is 1. The molecule has 2 unspecified atom stereocenters. The van der Waals surface area contributed by atoms with Crippen molar-refractivity contribution in [1.82, 2.24) is 10.0 Å². The third-order valence-corrected chi connectivity index (χ3v) is 3.93. The lowest BCUT2D eigenvalue weighted by Crippen LogP contribution is -2.43. The van der Waals surface area contributed by atoms with Gasteiger partial charge in [0, 0.05) is 19.1 Å². The fraction of sp³-hybridized carbons (Fsp3) is 0.917. The van der Waals surface area contributed by atoms with E-state index < -0.39 is 10.0 Å². The Bertz CT molecular complexity index is 406. The van der Waals surface area contributed by atoms with E-state index in [4.69, 9.17) is 5.73 Å². The van der Waals surface area contributed by atoms with Crippen molar-refractivity contribution in [3.05, 3.63) is 0 Å². The summed E-state index contributed by atoms with van der Waals surface area (Å²) in [6, 6.07) is 0.0143. The molecule has 0 heterocycles. The minimum Gasteiger partial charge on any atom is -0.370 e. The maximum Gasteiger partial charge on any atom is 0.208 e. The number of hydrogen-bond acceptors (Lipinski definition) is 3. The Morgan fingerprint density at radius 3 is 2.68 bits per heavy atom. The van der Waals surface area contributed by atoms with E-state index in [1.165, 1.54) is 6.26 Å². The van der Waals surface area contributed by atoms with Crippen molar-refractivity contribution in [2.45, 2.75) is 39.2 Å². The maximum atomic E-state index is 11.3. The van der Waals surface area contributed by atoms with Crippen molar-refractivity contribution in [2.75, 3.05) is 19.3 Å². The van der Waals surface area contributed by atoms with Gasteiger partial charge in [-0.25, -0.2) is 13.1 Å². The molecule has 0 bridgehead atoms. The molecule has 19 heavy (non-hydrogen) atoms. The molecule has 0 amide bonds. The zero-order chi connectivity index (χ0) is 14.5. The lowest BCUT2D eigenvalue weighted by Gasteiger charge is -2.20. The summed E-state index contributed by atoms with van der Waals surface area (Å²) in [5.74, 6) is 1.20. The van der Waals surface area contributed by atoms with Crippen LogP contribution in [0.5, 0.6) is 0 Å². The Morgan fingerprint density at radius 2 is 2.11 bits per heavy atom. The van der Waals surface area contributed by atoms with Crippen molar-refractivity contribution < 1.29 is 8.42 Å². The predicted octanol–water partition coefficient (Wildman–Crippen LogP) is 0.265. The zero-order valence-electron chi connectivity index (χ0n) is 12.0. The maximum absolute atomic E-state index is 11.3. The van der Waals surface area contributed by atoms with Crippen LogP contribution < -0.4 is 15.8 Å². The quantitative estimate of drug-likeness (QED) is 0.483. The zero-order valence-corrected chi connectivity index (χ0v) is 12.8. The topological polar surface area (TPSA) is 96.6 Å². The van der Waals surface area contributed by atoms with E-state index in [0.29, 0.717) is 25.0 Å². The first kappa shape index (κ1) is 16.2. The Morgan fingerprint density at radius 1 is 1.42 bits per heavy atom. The molecule has 6 nitrogen and oxygen atoms in total. The summed E-state index contributed by atoms with van der Waals surface area (Å²) >= 11 is 0. The predicted molar refractivity (Wildman–Crippen MR) is 78.4 cm³/mol. The van der Waals surface area contributed by atoms with Crippen molar-refractivity contribution in [1.29, 1.82) is 0 Å². The van der Waals surface area contributed by atoms with E-state index in [0.717, 1.165) is 19.3 Å². The Balaban J connectivity index is 2.41. The van der Waals surface area contributed by atoms with E-state index in [-0.39, 0.29) is 12.0 Å². The number of sulfonamides is 1. The molecule has 1 rings (SSSR count). The second kappa shape index (κ2) is 7.09. The van der Waals surface area contributed by atoms with Gasteiger partial charge in [0.05, 0.1) is 6.26 Å². The first-order chi connectivity index (χ1) is 8.78. The molecule has 0 aromatic carbocycles.